The normalized spacial score (nSPS) is 19.4. The van der Waals surface area contributed by atoms with Crippen molar-refractivity contribution in [1.29, 1.82) is 0 Å². The molecule has 0 unspecified atom stereocenters. The minimum atomic E-state index is 0. The second kappa shape index (κ2) is 10.3. The molecule has 2 aliphatic heterocycles. The van der Waals surface area contributed by atoms with Gasteiger partial charge in [0, 0.05) is 45.2 Å². The van der Waals surface area contributed by atoms with Gasteiger partial charge in [-0.05, 0) is 26.4 Å². The molecule has 0 saturated carbocycles. The van der Waals surface area contributed by atoms with E-state index in [0.717, 1.165) is 51.8 Å². The minimum absolute atomic E-state index is 0. The van der Waals surface area contributed by atoms with E-state index in [9.17, 15) is 4.79 Å². The van der Waals surface area contributed by atoms with Crippen LogP contribution in [-0.4, -0.2) is 85.5 Å². The molecule has 0 radical (unpaired) electrons. The van der Waals surface area contributed by atoms with E-state index in [1.807, 2.05) is 18.7 Å². The lowest BCUT2D eigenvalue weighted by Gasteiger charge is -2.37. The first-order valence-corrected chi connectivity index (χ1v) is 8.66. The number of rotatable bonds is 5. The number of carbonyl (C=O) groups excluding carboxylic acids is 1. The third kappa shape index (κ3) is 6.10. The van der Waals surface area contributed by atoms with E-state index in [2.05, 4.69) is 22.0 Å². The Morgan fingerprint density at radius 2 is 1.70 bits per heavy atom. The van der Waals surface area contributed by atoms with Crippen LogP contribution in [0.2, 0.25) is 0 Å². The van der Waals surface area contributed by atoms with Crippen LogP contribution in [-0.2, 0) is 4.79 Å². The van der Waals surface area contributed by atoms with Gasteiger partial charge in [-0.25, -0.2) is 0 Å². The molecule has 2 aliphatic rings. The maximum atomic E-state index is 12.0. The van der Waals surface area contributed by atoms with Gasteiger partial charge in [0.15, 0.2) is 5.96 Å². The van der Waals surface area contributed by atoms with Crippen LogP contribution in [0, 0.1) is 5.92 Å². The van der Waals surface area contributed by atoms with E-state index < -0.39 is 0 Å². The number of nitrogens with zero attached hydrogens (tertiary/aromatic N) is 4. The van der Waals surface area contributed by atoms with Gasteiger partial charge in [0.25, 0.3) is 0 Å². The van der Waals surface area contributed by atoms with Crippen LogP contribution in [0.4, 0.5) is 0 Å². The van der Waals surface area contributed by atoms with Gasteiger partial charge in [-0.2, -0.15) is 0 Å². The van der Waals surface area contributed by atoms with Crippen molar-refractivity contribution in [1.82, 2.24) is 20.0 Å². The Morgan fingerprint density at radius 3 is 2.17 bits per heavy atom. The minimum Gasteiger partial charge on any atom is -0.357 e. The number of carbonyl (C=O) groups is 1. The number of halogens is 1. The molecule has 2 fully saturated rings. The number of piperazine rings is 1. The molecule has 23 heavy (non-hydrogen) atoms. The fourth-order valence-electron chi connectivity index (χ4n) is 2.83. The summed E-state index contributed by atoms with van der Waals surface area (Å²) in [5.41, 5.74) is 0. The van der Waals surface area contributed by atoms with Gasteiger partial charge in [0.2, 0.25) is 5.91 Å². The molecule has 2 heterocycles. The molecule has 2 rings (SSSR count). The summed E-state index contributed by atoms with van der Waals surface area (Å²) in [4.78, 5) is 23.5. The molecule has 0 aromatic rings. The predicted octanol–water partition coefficient (Wildman–Crippen LogP) is 1.08. The Bertz CT molecular complexity index is 390. The summed E-state index contributed by atoms with van der Waals surface area (Å²) in [5, 5.41) is 3.38. The second-order valence-corrected chi connectivity index (χ2v) is 6.40. The number of hydrogen-bond donors (Lipinski definition) is 1. The first-order valence-electron chi connectivity index (χ1n) is 8.66. The smallest absolute Gasteiger partial charge is 0.225 e. The topological polar surface area (TPSA) is 51.2 Å². The maximum Gasteiger partial charge on any atom is 0.225 e. The highest BCUT2D eigenvalue weighted by atomic mass is 127. The highest BCUT2D eigenvalue weighted by Crippen LogP contribution is 2.08. The van der Waals surface area contributed by atoms with Crippen LogP contribution in [0.1, 0.15) is 27.2 Å². The number of guanidine groups is 1. The Labute approximate surface area is 157 Å². The molecular formula is C16H32IN5O. The zero-order chi connectivity index (χ0) is 15.9. The Kier molecular flexibility index (Phi) is 9.19. The molecule has 2 saturated heterocycles. The van der Waals surface area contributed by atoms with Gasteiger partial charge >= 0.3 is 0 Å². The number of amides is 1. The van der Waals surface area contributed by atoms with E-state index in [4.69, 9.17) is 4.99 Å². The summed E-state index contributed by atoms with van der Waals surface area (Å²) < 4.78 is 0. The van der Waals surface area contributed by atoms with Crippen molar-refractivity contribution in [2.45, 2.75) is 27.2 Å². The first kappa shape index (κ1) is 20.5. The zero-order valence-corrected chi connectivity index (χ0v) is 17.1. The van der Waals surface area contributed by atoms with Gasteiger partial charge in [-0.3, -0.25) is 9.79 Å². The van der Waals surface area contributed by atoms with Crippen LogP contribution in [0.5, 0.6) is 0 Å². The summed E-state index contributed by atoms with van der Waals surface area (Å²) in [6.45, 7) is 14.6. The van der Waals surface area contributed by atoms with Crippen LogP contribution >= 0.6 is 24.0 Å². The Hall–Kier alpha value is -0.570. The molecule has 134 valence electrons. The molecule has 0 aromatic heterocycles. The van der Waals surface area contributed by atoms with Crippen molar-refractivity contribution >= 4 is 35.8 Å². The van der Waals surface area contributed by atoms with Crippen molar-refractivity contribution in [2.75, 3.05) is 58.9 Å². The third-order valence-corrected chi connectivity index (χ3v) is 4.35. The fourth-order valence-corrected chi connectivity index (χ4v) is 2.83. The molecule has 0 atom stereocenters. The van der Waals surface area contributed by atoms with Crippen molar-refractivity contribution in [2.24, 2.45) is 10.9 Å². The van der Waals surface area contributed by atoms with Crippen LogP contribution in [0.3, 0.4) is 0 Å². The van der Waals surface area contributed by atoms with Crippen molar-refractivity contribution < 1.29 is 4.79 Å². The average Bonchev–Trinajstić information content (AvgIpc) is 2.48. The average molecular weight is 437 g/mol. The summed E-state index contributed by atoms with van der Waals surface area (Å²) in [6, 6.07) is 0. The van der Waals surface area contributed by atoms with E-state index in [1.54, 1.807) is 0 Å². The van der Waals surface area contributed by atoms with Crippen LogP contribution in [0.25, 0.3) is 0 Å². The highest BCUT2D eigenvalue weighted by Gasteiger charge is 2.24. The SMILES string of the molecule is CCNC(=NCCN1CCC1)N1CCN(C(=O)C(C)C)CC1.I. The molecule has 0 aromatic carbocycles. The van der Waals surface area contributed by atoms with Gasteiger partial charge in [-0.1, -0.05) is 13.8 Å². The van der Waals surface area contributed by atoms with E-state index >= 15 is 0 Å². The van der Waals surface area contributed by atoms with Gasteiger partial charge in [0.05, 0.1) is 6.54 Å². The molecule has 0 aliphatic carbocycles. The van der Waals surface area contributed by atoms with Crippen molar-refractivity contribution in [3.8, 4) is 0 Å². The summed E-state index contributed by atoms with van der Waals surface area (Å²) in [7, 11) is 0. The van der Waals surface area contributed by atoms with Crippen molar-refractivity contribution in [3.05, 3.63) is 0 Å². The maximum absolute atomic E-state index is 12.0. The fraction of sp³-hybridized carbons (Fsp3) is 0.875. The van der Waals surface area contributed by atoms with Gasteiger partial charge in [-0.15, -0.1) is 24.0 Å². The van der Waals surface area contributed by atoms with Gasteiger partial charge < -0.3 is 20.0 Å². The summed E-state index contributed by atoms with van der Waals surface area (Å²) in [5.74, 6) is 1.35. The lowest BCUT2D eigenvalue weighted by atomic mass is 10.1. The number of hydrogen-bond acceptors (Lipinski definition) is 3. The van der Waals surface area contributed by atoms with Crippen LogP contribution in [0.15, 0.2) is 4.99 Å². The Balaban J connectivity index is 0.00000264. The van der Waals surface area contributed by atoms with Crippen LogP contribution < -0.4 is 5.32 Å². The largest absolute Gasteiger partial charge is 0.357 e. The highest BCUT2D eigenvalue weighted by molar-refractivity contribution is 14.0. The van der Waals surface area contributed by atoms with E-state index in [0.29, 0.717) is 0 Å². The molecular weight excluding hydrogens is 405 g/mol. The molecule has 1 N–H and O–H groups in total. The molecule has 1 amide bonds. The lowest BCUT2D eigenvalue weighted by molar-refractivity contribution is -0.135. The van der Waals surface area contributed by atoms with Crippen molar-refractivity contribution in [3.63, 3.8) is 0 Å². The number of nitrogens with one attached hydrogen (secondary N) is 1. The summed E-state index contributed by atoms with van der Waals surface area (Å²) >= 11 is 0. The van der Waals surface area contributed by atoms with E-state index in [1.165, 1.54) is 19.5 Å². The first-order chi connectivity index (χ1) is 10.6. The van der Waals surface area contributed by atoms with E-state index in [-0.39, 0.29) is 35.8 Å². The number of aliphatic imine (C=N–C) groups is 1. The monoisotopic (exact) mass is 437 g/mol. The second-order valence-electron chi connectivity index (χ2n) is 6.40. The standard InChI is InChI=1S/C16H31N5O.HI/c1-4-17-16(18-6-9-19-7-5-8-19)21-12-10-20(11-13-21)15(22)14(2)3;/h14H,4-13H2,1-3H3,(H,17,18);1H. The molecule has 6 nitrogen and oxygen atoms in total. The Morgan fingerprint density at radius 1 is 1.09 bits per heavy atom. The predicted molar refractivity (Wildman–Crippen MR) is 105 cm³/mol. The molecule has 7 heteroatoms. The third-order valence-electron chi connectivity index (χ3n) is 4.35. The summed E-state index contributed by atoms with van der Waals surface area (Å²) in [6.07, 6.45) is 1.33. The quantitative estimate of drug-likeness (QED) is 0.398. The van der Waals surface area contributed by atoms with Gasteiger partial charge in [0.1, 0.15) is 0 Å². The lowest BCUT2D eigenvalue weighted by Crippen LogP contribution is -2.54. The molecule has 0 spiro atoms. The number of likely N-dealkylation sites (tertiary alicyclic amines) is 1. The zero-order valence-electron chi connectivity index (χ0n) is 14.8. The molecule has 0 bridgehead atoms.